The molecule has 0 aromatic heterocycles. The van der Waals surface area contributed by atoms with Gasteiger partial charge in [0.1, 0.15) is 0 Å². The van der Waals surface area contributed by atoms with Gasteiger partial charge in [-0.25, -0.2) is 0 Å². The van der Waals surface area contributed by atoms with E-state index in [1.54, 1.807) is 20.4 Å². The lowest BCUT2D eigenvalue weighted by molar-refractivity contribution is 0.354. The van der Waals surface area contributed by atoms with Gasteiger partial charge in [0.15, 0.2) is 11.5 Å². The maximum atomic E-state index is 6.08. The third-order valence-electron chi connectivity index (χ3n) is 3.04. The van der Waals surface area contributed by atoms with Gasteiger partial charge in [-0.2, -0.15) is 5.10 Å². The highest BCUT2D eigenvalue weighted by atomic mass is 79.9. The van der Waals surface area contributed by atoms with Crippen LogP contribution < -0.4 is 14.9 Å². The molecule has 0 aliphatic heterocycles. The van der Waals surface area contributed by atoms with Gasteiger partial charge in [0, 0.05) is 15.1 Å². The van der Waals surface area contributed by atoms with Crippen molar-refractivity contribution in [3.8, 4) is 11.5 Å². The SMILES string of the molecule is COc1cc(Br)cc(/C=N/Nc2ccc(C)c(Cl)c2)c1OC. The molecule has 0 unspecified atom stereocenters. The molecule has 0 radical (unpaired) electrons. The van der Waals surface area contributed by atoms with Crippen molar-refractivity contribution in [2.45, 2.75) is 6.92 Å². The summed E-state index contributed by atoms with van der Waals surface area (Å²) in [6, 6.07) is 9.41. The summed E-state index contributed by atoms with van der Waals surface area (Å²) in [4.78, 5) is 0. The van der Waals surface area contributed by atoms with Gasteiger partial charge >= 0.3 is 0 Å². The molecule has 0 fully saturated rings. The number of rotatable bonds is 5. The summed E-state index contributed by atoms with van der Waals surface area (Å²) in [6.07, 6.45) is 1.67. The Balaban J connectivity index is 2.22. The molecule has 0 amide bonds. The molecule has 22 heavy (non-hydrogen) atoms. The molecule has 0 atom stereocenters. The first-order valence-electron chi connectivity index (χ1n) is 6.52. The summed E-state index contributed by atoms with van der Waals surface area (Å²) in [5, 5.41) is 4.91. The second-order valence-electron chi connectivity index (χ2n) is 4.56. The van der Waals surface area contributed by atoms with E-state index in [0.29, 0.717) is 16.5 Å². The van der Waals surface area contributed by atoms with Crippen LogP contribution in [-0.4, -0.2) is 20.4 Å². The molecule has 1 N–H and O–H groups in total. The largest absolute Gasteiger partial charge is 0.493 e. The van der Waals surface area contributed by atoms with E-state index in [1.807, 2.05) is 37.3 Å². The van der Waals surface area contributed by atoms with Gasteiger partial charge in [-0.1, -0.05) is 33.6 Å². The molecule has 0 saturated carbocycles. The molecule has 0 aliphatic carbocycles. The highest BCUT2D eigenvalue weighted by molar-refractivity contribution is 9.10. The van der Waals surface area contributed by atoms with Gasteiger partial charge in [0.2, 0.25) is 0 Å². The third kappa shape index (κ3) is 3.93. The van der Waals surface area contributed by atoms with Crippen molar-refractivity contribution in [3.05, 3.63) is 51.0 Å². The number of ether oxygens (including phenoxy) is 2. The highest BCUT2D eigenvalue weighted by Gasteiger charge is 2.10. The fourth-order valence-corrected chi connectivity index (χ4v) is 2.53. The summed E-state index contributed by atoms with van der Waals surface area (Å²) >= 11 is 9.52. The Kier molecular flexibility index (Phi) is 5.69. The number of nitrogens with one attached hydrogen (secondary N) is 1. The Labute approximate surface area is 143 Å². The number of hydrogen-bond donors (Lipinski definition) is 1. The predicted molar refractivity (Wildman–Crippen MR) is 94.7 cm³/mol. The molecule has 0 bridgehead atoms. The van der Waals surface area contributed by atoms with Crippen molar-refractivity contribution in [1.82, 2.24) is 0 Å². The van der Waals surface area contributed by atoms with Crippen LogP contribution in [-0.2, 0) is 0 Å². The molecule has 0 spiro atoms. The van der Waals surface area contributed by atoms with Crippen LogP contribution >= 0.6 is 27.5 Å². The minimum absolute atomic E-state index is 0.623. The summed E-state index contributed by atoms with van der Waals surface area (Å²) in [6.45, 7) is 1.95. The minimum atomic E-state index is 0.623. The van der Waals surface area contributed by atoms with E-state index in [1.165, 1.54) is 0 Å². The molecule has 2 aromatic carbocycles. The lowest BCUT2D eigenvalue weighted by Gasteiger charge is -2.11. The lowest BCUT2D eigenvalue weighted by Crippen LogP contribution is -1.97. The van der Waals surface area contributed by atoms with Gasteiger partial charge in [0.05, 0.1) is 26.1 Å². The molecule has 116 valence electrons. The van der Waals surface area contributed by atoms with Crippen LogP contribution in [0.25, 0.3) is 0 Å². The lowest BCUT2D eigenvalue weighted by atomic mass is 10.2. The average molecular weight is 384 g/mol. The second-order valence-corrected chi connectivity index (χ2v) is 5.89. The van der Waals surface area contributed by atoms with Crippen LogP contribution in [0.3, 0.4) is 0 Å². The molecule has 0 heterocycles. The van der Waals surface area contributed by atoms with E-state index >= 15 is 0 Å². The molecule has 2 aromatic rings. The zero-order valence-corrected chi connectivity index (χ0v) is 14.8. The molecular weight excluding hydrogens is 368 g/mol. The molecular formula is C16H16BrClN2O2. The van der Waals surface area contributed by atoms with Gasteiger partial charge in [-0.15, -0.1) is 0 Å². The van der Waals surface area contributed by atoms with Crippen molar-refractivity contribution < 1.29 is 9.47 Å². The molecule has 0 aliphatic rings. The van der Waals surface area contributed by atoms with Crippen molar-refractivity contribution in [2.24, 2.45) is 5.10 Å². The van der Waals surface area contributed by atoms with Crippen molar-refractivity contribution in [3.63, 3.8) is 0 Å². The minimum Gasteiger partial charge on any atom is -0.493 e. The Morgan fingerprint density at radius 2 is 1.95 bits per heavy atom. The van der Waals surface area contributed by atoms with Crippen LogP contribution in [0.2, 0.25) is 5.02 Å². The number of hydrazone groups is 1. The maximum Gasteiger partial charge on any atom is 0.169 e. The van der Waals surface area contributed by atoms with Gasteiger partial charge < -0.3 is 9.47 Å². The number of benzene rings is 2. The first kappa shape index (κ1) is 16.6. The van der Waals surface area contributed by atoms with E-state index in [2.05, 4.69) is 26.5 Å². The molecule has 0 saturated heterocycles. The van der Waals surface area contributed by atoms with Crippen molar-refractivity contribution in [1.29, 1.82) is 0 Å². The number of nitrogens with zero attached hydrogens (tertiary/aromatic N) is 1. The molecule has 4 nitrogen and oxygen atoms in total. The number of halogens is 2. The van der Waals surface area contributed by atoms with Crippen molar-refractivity contribution >= 4 is 39.4 Å². The Bertz CT molecular complexity index is 705. The fourth-order valence-electron chi connectivity index (χ4n) is 1.89. The molecule has 2 rings (SSSR count). The van der Waals surface area contributed by atoms with Crippen LogP contribution in [0.15, 0.2) is 39.9 Å². The Hall–Kier alpha value is -1.72. The van der Waals surface area contributed by atoms with Crippen LogP contribution in [0, 0.1) is 6.92 Å². The summed E-state index contributed by atoms with van der Waals surface area (Å²) in [5.74, 6) is 1.26. The number of hydrogen-bond acceptors (Lipinski definition) is 4. The number of methoxy groups -OCH3 is 2. The Morgan fingerprint density at radius 3 is 2.59 bits per heavy atom. The van der Waals surface area contributed by atoms with Crippen LogP contribution in [0.4, 0.5) is 5.69 Å². The van der Waals surface area contributed by atoms with E-state index in [0.717, 1.165) is 21.3 Å². The normalized spacial score (nSPS) is 10.8. The van der Waals surface area contributed by atoms with Crippen LogP contribution in [0.5, 0.6) is 11.5 Å². The standard InChI is InChI=1S/C16H16BrClN2O2/c1-10-4-5-13(8-14(10)18)20-19-9-11-6-12(17)7-15(21-2)16(11)22-3/h4-9,20H,1-3H3/b19-9+. The van der Waals surface area contributed by atoms with Crippen molar-refractivity contribution in [2.75, 3.05) is 19.6 Å². The first-order chi connectivity index (χ1) is 10.5. The quantitative estimate of drug-likeness (QED) is 0.591. The van der Waals surface area contributed by atoms with E-state index in [4.69, 9.17) is 21.1 Å². The van der Waals surface area contributed by atoms with E-state index in [9.17, 15) is 0 Å². The zero-order chi connectivity index (χ0) is 16.1. The number of aryl methyl sites for hydroxylation is 1. The van der Waals surface area contributed by atoms with Crippen LogP contribution in [0.1, 0.15) is 11.1 Å². The smallest absolute Gasteiger partial charge is 0.169 e. The summed E-state index contributed by atoms with van der Waals surface area (Å²) in [5.41, 5.74) is 5.57. The predicted octanol–water partition coefficient (Wildman–Crippen LogP) is 4.87. The highest BCUT2D eigenvalue weighted by Crippen LogP contribution is 2.33. The Morgan fingerprint density at radius 1 is 1.18 bits per heavy atom. The summed E-state index contributed by atoms with van der Waals surface area (Å²) < 4.78 is 11.6. The number of anilines is 1. The fraction of sp³-hybridized carbons (Fsp3) is 0.188. The third-order valence-corrected chi connectivity index (χ3v) is 3.91. The van der Waals surface area contributed by atoms with Gasteiger partial charge in [0.25, 0.3) is 0 Å². The second kappa shape index (κ2) is 7.51. The van der Waals surface area contributed by atoms with E-state index < -0.39 is 0 Å². The van der Waals surface area contributed by atoms with E-state index in [-0.39, 0.29) is 0 Å². The maximum absolute atomic E-state index is 6.08. The topological polar surface area (TPSA) is 42.8 Å². The average Bonchev–Trinajstić information content (AvgIpc) is 2.50. The first-order valence-corrected chi connectivity index (χ1v) is 7.69. The summed E-state index contributed by atoms with van der Waals surface area (Å²) in [7, 11) is 3.19. The molecule has 6 heteroatoms. The van der Waals surface area contributed by atoms with Gasteiger partial charge in [-0.3, -0.25) is 5.43 Å². The van der Waals surface area contributed by atoms with Gasteiger partial charge in [-0.05, 0) is 36.8 Å². The monoisotopic (exact) mass is 382 g/mol. The zero-order valence-electron chi connectivity index (χ0n) is 12.5.